The van der Waals surface area contributed by atoms with Gasteiger partial charge in [0.2, 0.25) is 5.91 Å². The number of hydrogen-bond donors (Lipinski definition) is 2. The van der Waals surface area contributed by atoms with Crippen LogP contribution in [0.1, 0.15) is 25.0 Å². The fourth-order valence-corrected chi connectivity index (χ4v) is 3.81. The van der Waals surface area contributed by atoms with E-state index in [0.29, 0.717) is 5.56 Å². The van der Waals surface area contributed by atoms with Crippen molar-refractivity contribution >= 4 is 28.6 Å². The smallest absolute Gasteiger partial charge is 0.235 e. The van der Waals surface area contributed by atoms with Crippen LogP contribution in [-0.4, -0.2) is 30.6 Å². The standard InChI is InChI=1S/C21H16F3N7O/c1-21(2)13-16(25)27-18(28-17(13)29-20(21)32)15-11-6-10(22)7-26-19(11)31(30-15)8-9-4-3-5-12(23)14(9)24/h3-7H,8H2,1-2H3,(H3,25,27,28,29,32). The molecule has 8 nitrogen and oxygen atoms in total. The van der Waals surface area contributed by atoms with Crippen LogP contribution >= 0.6 is 0 Å². The predicted molar refractivity (Wildman–Crippen MR) is 110 cm³/mol. The van der Waals surface area contributed by atoms with Crippen molar-refractivity contribution in [3.8, 4) is 11.5 Å². The number of carbonyl (C=O) groups excluding carboxylic acids is 1. The number of nitrogens with one attached hydrogen (secondary N) is 1. The van der Waals surface area contributed by atoms with Crippen LogP contribution in [0.25, 0.3) is 22.6 Å². The van der Waals surface area contributed by atoms with Crippen molar-refractivity contribution in [3.05, 3.63) is 59.0 Å². The highest BCUT2D eigenvalue weighted by Gasteiger charge is 2.42. The van der Waals surface area contributed by atoms with Gasteiger partial charge in [-0.3, -0.25) is 4.79 Å². The van der Waals surface area contributed by atoms with E-state index in [-0.39, 0.29) is 52.2 Å². The molecule has 0 saturated carbocycles. The fourth-order valence-electron chi connectivity index (χ4n) is 3.81. The number of anilines is 2. The lowest BCUT2D eigenvalue weighted by Gasteiger charge is -2.15. The van der Waals surface area contributed by atoms with Crippen LogP contribution in [0.3, 0.4) is 0 Å². The Kier molecular flexibility index (Phi) is 4.19. The van der Waals surface area contributed by atoms with Gasteiger partial charge in [-0.1, -0.05) is 12.1 Å². The average molecular weight is 439 g/mol. The van der Waals surface area contributed by atoms with E-state index in [0.717, 1.165) is 12.3 Å². The van der Waals surface area contributed by atoms with Gasteiger partial charge in [0.05, 0.1) is 29.1 Å². The number of carbonyl (C=O) groups is 1. The Balaban J connectivity index is 1.69. The van der Waals surface area contributed by atoms with Gasteiger partial charge in [0.25, 0.3) is 0 Å². The highest BCUT2D eigenvalue weighted by atomic mass is 19.2. The lowest BCUT2D eigenvalue weighted by Crippen LogP contribution is -2.27. The van der Waals surface area contributed by atoms with Gasteiger partial charge >= 0.3 is 0 Å². The first kappa shape index (κ1) is 19.9. The Labute approximate surface area is 179 Å². The molecule has 3 N–H and O–H groups in total. The molecule has 0 aliphatic carbocycles. The second-order valence-electron chi connectivity index (χ2n) is 7.98. The number of hydrogen-bond acceptors (Lipinski definition) is 6. The number of rotatable bonds is 3. The van der Waals surface area contributed by atoms with Gasteiger partial charge < -0.3 is 11.1 Å². The van der Waals surface area contributed by atoms with Gasteiger partial charge in [0, 0.05) is 5.56 Å². The summed E-state index contributed by atoms with van der Waals surface area (Å²) in [7, 11) is 0. The zero-order valence-electron chi connectivity index (χ0n) is 16.9. The van der Waals surface area contributed by atoms with E-state index in [9.17, 15) is 18.0 Å². The number of nitrogens with zero attached hydrogens (tertiary/aromatic N) is 5. The molecule has 1 aliphatic heterocycles. The molecule has 0 fully saturated rings. The number of fused-ring (bicyclic) bond motifs is 2. The molecule has 0 saturated heterocycles. The number of aromatic nitrogens is 5. The third-order valence-electron chi connectivity index (χ3n) is 5.48. The van der Waals surface area contributed by atoms with Crippen molar-refractivity contribution in [2.75, 3.05) is 11.1 Å². The number of nitrogen functional groups attached to an aromatic ring is 1. The van der Waals surface area contributed by atoms with Crippen LogP contribution in [0.15, 0.2) is 30.5 Å². The highest BCUT2D eigenvalue weighted by Crippen LogP contribution is 2.40. The minimum atomic E-state index is -1.01. The molecule has 0 radical (unpaired) electrons. The van der Waals surface area contributed by atoms with Crippen molar-refractivity contribution in [3.63, 3.8) is 0 Å². The molecule has 162 valence electrons. The molecule has 1 aliphatic rings. The summed E-state index contributed by atoms with van der Waals surface area (Å²) in [4.78, 5) is 25.0. The number of nitrogens with two attached hydrogens (primary N) is 1. The van der Waals surface area contributed by atoms with Gasteiger partial charge in [0.1, 0.15) is 23.1 Å². The first-order chi connectivity index (χ1) is 15.2. The van der Waals surface area contributed by atoms with Crippen LogP contribution in [0, 0.1) is 17.5 Å². The second kappa shape index (κ2) is 6.74. The quantitative estimate of drug-likeness (QED) is 0.507. The number of halogens is 3. The zero-order valence-corrected chi connectivity index (χ0v) is 16.9. The molecule has 3 aromatic heterocycles. The molecule has 0 unspecified atom stereocenters. The van der Waals surface area contributed by atoms with E-state index in [4.69, 9.17) is 5.73 Å². The monoisotopic (exact) mass is 439 g/mol. The second-order valence-corrected chi connectivity index (χ2v) is 7.98. The Morgan fingerprint density at radius 3 is 2.75 bits per heavy atom. The molecule has 0 spiro atoms. The number of benzene rings is 1. The molecular weight excluding hydrogens is 423 g/mol. The molecule has 32 heavy (non-hydrogen) atoms. The van der Waals surface area contributed by atoms with Crippen LogP contribution in [-0.2, 0) is 16.8 Å². The summed E-state index contributed by atoms with van der Waals surface area (Å²) in [5, 5.41) is 7.32. The largest absolute Gasteiger partial charge is 0.383 e. The summed E-state index contributed by atoms with van der Waals surface area (Å²) in [6.45, 7) is 3.23. The Morgan fingerprint density at radius 1 is 1.19 bits per heavy atom. The minimum Gasteiger partial charge on any atom is -0.383 e. The highest BCUT2D eigenvalue weighted by molar-refractivity contribution is 6.06. The average Bonchev–Trinajstić information content (AvgIpc) is 3.19. The third-order valence-corrected chi connectivity index (χ3v) is 5.48. The molecule has 11 heteroatoms. The molecule has 4 heterocycles. The van der Waals surface area contributed by atoms with Crippen molar-refractivity contribution in [1.82, 2.24) is 24.7 Å². The molecule has 1 aromatic carbocycles. The van der Waals surface area contributed by atoms with Gasteiger partial charge in [-0.2, -0.15) is 5.10 Å². The lowest BCUT2D eigenvalue weighted by molar-refractivity contribution is -0.119. The van der Waals surface area contributed by atoms with Gasteiger partial charge in [-0.15, -0.1) is 0 Å². The van der Waals surface area contributed by atoms with Crippen LogP contribution in [0.4, 0.5) is 24.8 Å². The third kappa shape index (κ3) is 2.88. The summed E-state index contributed by atoms with van der Waals surface area (Å²) in [5.41, 5.74) is 6.07. The summed E-state index contributed by atoms with van der Waals surface area (Å²) in [6.07, 6.45) is 0.993. The first-order valence-electron chi connectivity index (χ1n) is 9.61. The zero-order chi connectivity index (χ0) is 22.8. The van der Waals surface area contributed by atoms with E-state index in [2.05, 4.69) is 25.4 Å². The van der Waals surface area contributed by atoms with E-state index >= 15 is 0 Å². The Hall–Kier alpha value is -4.02. The van der Waals surface area contributed by atoms with E-state index < -0.39 is 22.9 Å². The first-order valence-corrected chi connectivity index (χ1v) is 9.61. The summed E-state index contributed by atoms with van der Waals surface area (Å²) < 4.78 is 43.2. The number of pyridine rings is 1. The maximum absolute atomic E-state index is 14.2. The maximum atomic E-state index is 14.2. The van der Waals surface area contributed by atoms with Gasteiger partial charge in [-0.25, -0.2) is 32.8 Å². The normalized spacial score (nSPS) is 14.6. The van der Waals surface area contributed by atoms with Crippen LogP contribution < -0.4 is 11.1 Å². The lowest BCUT2D eigenvalue weighted by atomic mass is 9.87. The molecular formula is C21H16F3N7O. The van der Waals surface area contributed by atoms with Gasteiger partial charge in [0.15, 0.2) is 23.1 Å². The van der Waals surface area contributed by atoms with Crippen molar-refractivity contribution in [2.24, 2.45) is 0 Å². The Bertz CT molecular complexity index is 1430. The summed E-state index contributed by atoms with van der Waals surface area (Å²) in [5.74, 6) is -2.55. The number of amides is 1. The predicted octanol–water partition coefficient (Wildman–Crippen LogP) is 3.17. The van der Waals surface area contributed by atoms with E-state index in [1.807, 2.05) is 0 Å². The SMILES string of the molecule is CC1(C)C(=O)Nc2nc(-c3nn(Cc4cccc(F)c4F)c4ncc(F)cc34)nc(N)c21. The van der Waals surface area contributed by atoms with Gasteiger partial charge in [-0.05, 0) is 26.0 Å². The minimum absolute atomic E-state index is 0.0371. The Morgan fingerprint density at radius 2 is 1.97 bits per heavy atom. The maximum Gasteiger partial charge on any atom is 0.235 e. The van der Waals surface area contributed by atoms with Crippen molar-refractivity contribution in [2.45, 2.75) is 25.8 Å². The summed E-state index contributed by atoms with van der Waals surface area (Å²) in [6, 6.07) is 4.99. The van der Waals surface area contributed by atoms with E-state index in [1.165, 1.54) is 22.9 Å². The molecule has 1 amide bonds. The molecule has 0 bridgehead atoms. The van der Waals surface area contributed by atoms with E-state index in [1.54, 1.807) is 13.8 Å². The molecule has 0 atom stereocenters. The van der Waals surface area contributed by atoms with Crippen LogP contribution in [0.5, 0.6) is 0 Å². The molecule has 4 aromatic rings. The van der Waals surface area contributed by atoms with Crippen molar-refractivity contribution in [1.29, 1.82) is 0 Å². The molecule has 5 rings (SSSR count). The van der Waals surface area contributed by atoms with Crippen LogP contribution in [0.2, 0.25) is 0 Å². The topological polar surface area (TPSA) is 112 Å². The summed E-state index contributed by atoms with van der Waals surface area (Å²) >= 11 is 0. The van der Waals surface area contributed by atoms with Crippen molar-refractivity contribution < 1.29 is 18.0 Å². The fraction of sp³-hybridized carbons (Fsp3) is 0.190.